The zero-order valence-electron chi connectivity index (χ0n) is 58.6. The number of benzene rings is 6. The van der Waals surface area contributed by atoms with Crippen molar-refractivity contribution in [3.8, 4) is 11.5 Å². The predicted molar refractivity (Wildman–Crippen MR) is 381 cm³/mol. The Bertz CT molecular complexity index is 3790. The molecule has 8 amide bonds. The second-order valence-corrected chi connectivity index (χ2v) is 25.3. The number of rotatable bonds is 22. The molecule has 4 atom stereocenters. The predicted octanol–water partition coefficient (Wildman–Crippen LogP) is 8.03. The molecular formula is C77H98N10O12. The molecule has 0 aromatic heterocycles. The quantitative estimate of drug-likeness (QED) is 0.0299. The van der Waals surface area contributed by atoms with Gasteiger partial charge >= 0.3 is 0 Å². The van der Waals surface area contributed by atoms with Crippen molar-refractivity contribution in [3.63, 3.8) is 0 Å². The summed E-state index contributed by atoms with van der Waals surface area (Å²) in [6.45, 7) is 16.9. The maximum atomic E-state index is 15.5. The SMILES string of the molecule is CCCCC[C@H]1CN2CCNC(=O)c3ccc(c(C)c3C)C(=O)NCCN(CCNC(=O)c3ccc(c(C)c3C)C(=O)N[C@@H](CCCNC(=O)c3ccc(C(=O)NCCOCCOC)c(C)c3C)C2)CCNC(=O)c2ccc(c(OCc3ccccc3)c2OCc2ccccc2)C(=O)N1. The number of unbranched alkanes of at least 4 members (excludes halogenated alkanes) is 2. The molecule has 0 saturated heterocycles. The van der Waals surface area contributed by atoms with Crippen LogP contribution in [0.3, 0.4) is 0 Å². The molecule has 6 aromatic carbocycles. The Balaban J connectivity index is 1.19. The molecule has 8 N–H and O–H groups in total. The van der Waals surface area contributed by atoms with E-state index < -0.39 is 23.9 Å². The molecule has 528 valence electrons. The monoisotopic (exact) mass is 1350 g/mol. The van der Waals surface area contributed by atoms with Gasteiger partial charge in [-0.05, 0) is 154 Å². The second-order valence-electron chi connectivity index (χ2n) is 25.3. The lowest BCUT2D eigenvalue weighted by atomic mass is 9.96. The van der Waals surface area contributed by atoms with Gasteiger partial charge in [0.2, 0.25) is 0 Å². The highest BCUT2D eigenvalue weighted by Crippen LogP contribution is 2.37. The largest absolute Gasteiger partial charge is 0.484 e. The van der Waals surface area contributed by atoms with E-state index in [-0.39, 0.29) is 130 Å². The summed E-state index contributed by atoms with van der Waals surface area (Å²) in [5, 5.41) is 25.0. The molecule has 0 spiro atoms. The van der Waals surface area contributed by atoms with Gasteiger partial charge in [0.25, 0.3) is 47.3 Å². The summed E-state index contributed by atoms with van der Waals surface area (Å²) in [6.07, 6.45) is 3.79. The van der Waals surface area contributed by atoms with Gasteiger partial charge in [-0.2, -0.15) is 0 Å². The zero-order chi connectivity index (χ0) is 70.8. The molecule has 0 fully saturated rings. The van der Waals surface area contributed by atoms with Crippen LogP contribution in [0.2, 0.25) is 0 Å². The third kappa shape index (κ3) is 21.3. The molecule has 6 aromatic rings. The van der Waals surface area contributed by atoms with E-state index >= 15 is 4.79 Å². The Morgan fingerprint density at radius 3 is 1.26 bits per heavy atom. The van der Waals surface area contributed by atoms with Crippen molar-refractivity contribution < 1.29 is 57.3 Å². The van der Waals surface area contributed by atoms with Crippen LogP contribution < -0.4 is 52.0 Å². The minimum absolute atomic E-state index is 0.0262. The first kappa shape index (κ1) is 75.3. The Morgan fingerprint density at radius 1 is 0.434 bits per heavy atom. The van der Waals surface area contributed by atoms with Crippen molar-refractivity contribution in [2.24, 2.45) is 0 Å². The Morgan fingerprint density at radius 2 is 0.818 bits per heavy atom. The number of carbonyl (C=O) groups is 8. The third-order valence-electron chi connectivity index (χ3n) is 18.5. The molecule has 18 rings (SSSR count). The van der Waals surface area contributed by atoms with Crippen LogP contribution in [0.25, 0.3) is 0 Å². The average Bonchev–Trinajstić information content (AvgIpc) is 0.746. The fourth-order valence-electron chi connectivity index (χ4n) is 12.3. The summed E-state index contributed by atoms with van der Waals surface area (Å²) in [5.74, 6) is -2.84. The van der Waals surface area contributed by atoms with Crippen molar-refractivity contribution in [2.75, 3.05) is 105 Å². The van der Waals surface area contributed by atoms with Crippen LogP contribution >= 0.6 is 0 Å². The summed E-state index contributed by atoms with van der Waals surface area (Å²) in [7, 11) is 1.59. The molecule has 99 heavy (non-hydrogen) atoms. The van der Waals surface area contributed by atoms with Gasteiger partial charge in [0, 0.05) is 131 Å². The first-order chi connectivity index (χ1) is 47.9. The van der Waals surface area contributed by atoms with E-state index in [0.717, 1.165) is 30.4 Å². The van der Waals surface area contributed by atoms with E-state index in [1.807, 2.05) is 86.3 Å². The molecule has 22 heteroatoms. The molecule has 12 aliphatic rings. The Hall–Kier alpha value is -9.48. The first-order valence-electron chi connectivity index (χ1n) is 34.5. The summed E-state index contributed by atoms with van der Waals surface area (Å²) >= 11 is 0. The normalized spacial score (nSPS) is 17.6. The van der Waals surface area contributed by atoms with Gasteiger partial charge in [-0.25, -0.2) is 0 Å². The van der Waals surface area contributed by atoms with Crippen molar-refractivity contribution >= 4 is 47.3 Å². The zero-order valence-corrected chi connectivity index (χ0v) is 58.6. The summed E-state index contributed by atoms with van der Waals surface area (Å²) < 4.78 is 23.9. The van der Waals surface area contributed by atoms with E-state index in [1.165, 1.54) is 0 Å². The number of carbonyl (C=O) groups excluding carboxylic acids is 8. The maximum absolute atomic E-state index is 15.5. The van der Waals surface area contributed by atoms with Gasteiger partial charge in [0.15, 0.2) is 11.5 Å². The molecule has 0 saturated carbocycles. The van der Waals surface area contributed by atoms with Gasteiger partial charge in [-0.15, -0.1) is 0 Å². The molecular weight excluding hydrogens is 1260 g/mol. The smallest absolute Gasteiger partial charge is 0.255 e. The Labute approximate surface area is 581 Å². The molecule has 0 radical (unpaired) electrons. The van der Waals surface area contributed by atoms with Crippen LogP contribution in [0.15, 0.2) is 109 Å². The van der Waals surface area contributed by atoms with Crippen molar-refractivity contribution in [3.05, 3.63) is 198 Å². The first-order valence-corrected chi connectivity index (χ1v) is 34.5. The third-order valence-corrected chi connectivity index (χ3v) is 18.5. The van der Waals surface area contributed by atoms with E-state index in [4.69, 9.17) is 18.9 Å². The van der Waals surface area contributed by atoms with E-state index in [9.17, 15) is 33.6 Å². The highest BCUT2D eigenvalue weighted by Gasteiger charge is 2.30. The van der Waals surface area contributed by atoms with E-state index in [2.05, 4.69) is 54.4 Å². The number of amides is 8. The number of hydrogen-bond acceptors (Lipinski definition) is 14. The van der Waals surface area contributed by atoms with Crippen LogP contribution in [0.1, 0.15) is 173 Å². The van der Waals surface area contributed by atoms with Crippen molar-refractivity contribution in [1.82, 2.24) is 52.3 Å². The van der Waals surface area contributed by atoms with Gasteiger partial charge in [0.05, 0.1) is 30.9 Å². The van der Waals surface area contributed by atoms with Crippen molar-refractivity contribution in [1.29, 1.82) is 0 Å². The second kappa shape index (κ2) is 38.0. The topological polar surface area (TPSA) is 276 Å². The number of nitrogens with zero attached hydrogens (tertiary/aromatic N) is 2. The fourth-order valence-corrected chi connectivity index (χ4v) is 12.3. The molecule has 8 bridgehead atoms. The average molecular weight is 1360 g/mol. The van der Waals surface area contributed by atoms with Gasteiger partial charge in [0.1, 0.15) is 13.2 Å². The van der Waals surface area contributed by atoms with Gasteiger partial charge < -0.3 is 61.5 Å². The van der Waals surface area contributed by atoms with E-state index in [0.29, 0.717) is 125 Å². The summed E-state index contributed by atoms with van der Waals surface area (Å²) in [4.78, 5) is 119. The maximum Gasteiger partial charge on any atom is 0.255 e. The fraction of sp³-hybridized carbons (Fsp3) is 0.429. The minimum Gasteiger partial charge on any atom is -0.484 e. The number of ether oxygens (including phenoxy) is 4. The standard InChI is InChI=1S/C77H98N10O12/c1-9-10-13-23-58-46-87-42-37-81-73(91)62-27-26-61(51(3)52(62)4)71(89)79-34-39-86(41-36-82-75(93)66-31-32-67(77(95)85-58)69(99-49-57-21-16-12-17-22-57)68(66)98-48-56-19-14-11-15-20-56)40-35-80-72(90)63-29-30-65(55(7)54(63)6)76(94)84-59(47-87)24-18-33-78-70(88)60-25-28-64(53(5)50(60)2)74(92)83-38-43-97-45-44-96-8/h11-12,14-17,19-22,25-32,58-59H,9-10,13,18,23-24,33-49H2,1-8H3,(H,78,88)(H,79,89)(H,80,90)(H,81,91)(H,82,93)(H,83,92)(H,84,94)(H,85,95)/t58-,59-/m0/s1. The Kier molecular flexibility index (Phi) is 28.9. The summed E-state index contributed by atoms with van der Waals surface area (Å²) in [5.41, 5.74) is 8.08. The molecule has 12 heterocycles. The lowest BCUT2D eigenvalue weighted by Crippen LogP contribution is -2.51. The van der Waals surface area contributed by atoms with Crippen LogP contribution in [0.5, 0.6) is 11.5 Å². The highest BCUT2D eigenvalue weighted by atomic mass is 16.5. The van der Waals surface area contributed by atoms with Crippen LogP contribution in [0.4, 0.5) is 0 Å². The van der Waals surface area contributed by atoms with Crippen LogP contribution in [-0.2, 0) is 22.7 Å². The van der Waals surface area contributed by atoms with Crippen LogP contribution in [-0.4, -0.2) is 175 Å². The lowest BCUT2D eigenvalue weighted by molar-refractivity contribution is 0.0692. The van der Waals surface area contributed by atoms with E-state index in [1.54, 1.807) is 76.4 Å². The number of nitrogens with one attached hydrogen (secondary N) is 8. The van der Waals surface area contributed by atoms with Crippen molar-refractivity contribution in [2.45, 2.75) is 112 Å². The number of hydrogen-bond donors (Lipinski definition) is 8. The highest BCUT2D eigenvalue weighted by molar-refractivity contribution is 6.04. The molecule has 2 unspecified atom stereocenters. The number of methoxy groups -OCH3 is 1. The summed E-state index contributed by atoms with van der Waals surface area (Å²) in [6, 6.07) is 30.9. The van der Waals surface area contributed by atoms with Crippen LogP contribution in [0, 0.1) is 41.5 Å². The van der Waals surface area contributed by atoms with Gasteiger partial charge in [-0.3, -0.25) is 48.2 Å². The molecule has 12 aliphatic heterocycles. The van der Waals surface area contributed by atoms with Gasteiger partial charge in [-0.1, -0.05) is 86.8 Å². The molecule has 0 aliphatic carbocycles. The lowest BCUT2D eigenvalue weighted by Gasteiger charge is -2.32. The minimum atomic E-state index is -0.600. The molecule has 22 nitrogen and oxygen atoms in total.